The number of esters is 1. The van der Waals surface area contributed by atoms with E-state index in [4.69, 9.17) is 5.73 Å². The molecule has 16 heavy (non-hydrogen) atoms. The average molecular weight is 230 g/mol. The summed E-state index contributed by atoms with van der Waals surface area (Å²) in [7, 11) is 1.30. The molecule has 1 amide bonds. The van der Waals surface area contributed by atoms with Crippen molar-refractivity contribution in [2.75, 3.05) is 13.7 Å². The number of rotatable bonds is 8. The fraction of sp³-hybridized carbons (Fsp3) is 0.818. The van der Waals surface area contributed by atoms with Gasteiger partial charge in [-0.25, -0.2) is 4.79 Å². The number of amides is 1. The van der Waals surface area contributed by atoms with E-state index in [9.17, 15) is 9.59 Å². The van der Waals surface area contributed by atoms with Crippen molar-refractivity contribution in [1.29, 1.82) is 0 Å². The van der Waals surface area contributed by atoms with Crippen LogP contribution in [0.5, 0.6) is 0 Å². The maximum atomic E-state index is 11.5. The summed E-state index contributed by atoms with van der Waals surface area (Å²) in [6.07, 6.45) is 3.79. The van der Waals surface area contributed by atoms with Gasteiger partial charge in [-0.2, -0.15) is 0 Å². The van der Waals surface area contributed by atoms with E-state index >= 15 is 0 Å². The summed E-state index contributed by atoms with van der Waals surface area (Å²) >= 11 is 0. The van der Waals surface area contributed by atoms with E-state index in [1.807, 2.05) is 0 Å². The third-order valence-corrected chi connectivity index (χ3v) is 2.28. The lowest BCUT2D eigenvalue weighted by atomic mass is 10.1. The maximum absolute atomic E-state index is 11.5. The fourth-order valence-corrected chi connectivity index (χ4v) is 1.36. The number of methoxy groups -OCH3 is 1. The molecule has 0 unspecified atom stereocenters. The molecule has 0 aliphatic heterocycles. The highest BCUT2D eigenvalue weighted by Crippen LogP contribution is 2.00. The van der Waals surface area contributed by atoms with E-state index in [-0.39, 0.29) is 5.91 Å². The predicted molar refractivity (Wildman–Crippen MR) is 61.8 cm³/mol. The molecular formula is C11H22N2O3. The minimum Gasteiger partial charge on any atom is -0.467 e. The Morgan fingerprint density at radius 3 is 2.56 bits per heavy atom. The Labute approximate surface area is 96.7 Å². The predicted octanol–water partition coefficient (Wildman–Crippen LogP) is 0.573. The Morgan fingerprint density at radius 1 is 1.38 bits per heavy atom. The van der Waals surface area contributed by atoms with Gasteiger partial charge in [0.15, 0.2) is 0 Å². The average Bonchev–Trinajstić information content (AvgIpc) is 2.28. The van der Waals surface area contributed by atoms with Gasteiger partial charge in [0.25, 0.3) is 0 Å². The summed E-state index contributed by atoms with van der Waals surface area (Å²) in [5.41, 5.74) is 5.36. The highest BCUT2D eigenvalue weighted by molar-refractivity contribution is 5.84. The Hall–Kier alpha value is -1.10. The second-order valence-corrected chi connectivity index (χ2v) is 3.68. The number of unbranched alkanes of at least 4 members (excludes halogenated alkanes) is 2. The number of ether oxygens (including phenoxy) is 1. The van der Waals surface area contributed by atoms with Crippen LogP contribution in [0.3, 0.4) is 0 Å². The fourth-order valence-electron chi connectivity index (χ4n) is 1.36. The van der Waals surface area contributed by atoms with Crippen LogP contribution in [0.2, 0.25) is 0 Å². The summed E-state index contributed by atoms with van der Waals surface area (Å²) in [6.45, 7) is 2.42. The van der Waals surface area contributed by atoms with Crippen molar-refractivity contribution in [3.8, 4) is 0 Å². The molecule has 0 rings (SSSR count). The van der Waals surface area contributed by atoms with Crippen molar-refractivity contribution in [2.24, 2.45) is 5.73 Å². The van der Waals surface area contributed by atoms with Gasteiger partial charge in [0, 0.05) is 6.42 Å². The Kier molecular flexibility index (Phi) is 8.52. The standard InChI is InChI=1S/C11H22N2O3/c1-3-4-5-6-10(14)13-9(7-8-12)11(15)16-2/h9H,3-8,12H2,1-2H3,(H,13,14)/t9-/m0/s1. The maximum Gasteiger partial charge on any atom is 0.328 e. The van der Waals surface area contributed by atoms with Crippen molar-refractivity contribution >= 4 is 11.9 Å². The van der Waals surface area contributed by atoms with Crippen LogP contribution >= 0.6 is 0 Å². The number of nitrogens with one attached hydrogen (secondary N) is 1. The van der Waals surface area contributed by atoms with Crippen LogP contribution < -0.4 is 11.1 Å². The first-order valence-electron chi connectivity index (χ1n) is 5.73. The summed E-state index contributed by atoms with van der Waals surface area (Å²) in [4.78, 5) is 22.7. The lowest BCUT2D eigenvalue weighted by molar-refractivity contribution is -0.145. The second-order valence-electron chi connectivity index (χ2n) is 3.68. The molecule has 0 aromatic carbocycles. The van der Waals surface area contributed by atoms with Gasteiger partial charge in [0.1, 0.15) is 6.04 Å². The molecule has 0 heterocycles. The molecular weight excluding hydrogens is 208 g/mol. The summed E-state index contributed by atoms with van der Waals surface area (Å²) < 4.78 is 4.58. The largest absolute Gasteiger partial charge is 0.467 e. The first kappa shape index (κ1) is 14.9. The van der Waals surface area contributed by atoms with E-state index in [1.54, 1.807) is 0 Å². The molecule has 1 atom stereocenters. The minimum atomic E-state index is -0.607. The molecule has 0 aliphatic rings. The number of hydrogen-bond donors (Lipinski definition) is 2. The first-order chi connectivity index (χ1) is 7.65. The molecule has 5 heteroatoms. The van der Waals surface area contributed by atoms with Crippen LogP contribution in [0.4, 0.5) is 0 Å². The zero-order chi connectivity index (χ0) is 12.4. The third kappa shape index (κ3) is 6.40. The molecule has 0 fully saturated rings. The van der Waals surface area contributed by atoms with Gasteiger partial charge in [-0.3, -0.25) is 4.79 Å². The molecule has 0 aromatic rings. The van der Waals surface area contributed by atoms with Gasteiger partial charge in [-0.15, -0.1) is 0 Å². The SMILES string of the molecule is CCCCCC(=O)N[C@@H](CCN)C(=O)OC. The monoisotopic (exact) mass is 230 g/mol. The lowest BCUT2D eigenvalue weighted by Gasteiger charge is -2.15. The Morgan fingerprint density at radius 2 is 2.06 bits per heavy atom. The molecule has 0 bridgehead atoms. The van der Waals surface area contributed by atoms with Gasteiger partial charge >= 0.3 is 5.97 Å². The molecule has 0 aromatic heterocycles. The number of hydrogen-bond acceptors (Lipinski definition) is 4. The van der Waals surface area contributed by atoms with Crippen LogP contribution in [0, 0.1) is 0 Å². The van der Waals surface area contributed by atoms with Gasteiger partial charge < -0.3 is 15.8 Å². The Bertz CT molecular complexity index is 219. The van der Waals surface area contributed by atoms with Crippen LogP contribution in [0.25, 0.3) is 0 Å². The zero-order valence-corrected chi connectivity index (χ0v) is 10.1. The van der Waals surface area contributed by atoms with Crippen molar-refractivity contribution in [3.63, 3.8) is 0 Å². The molecule has 5 nitrogen and oxygen atoms in total. The lowest BCUT2D eigenvalue weighted by Crippen LogP contribution is -2.42. The van der Waals surface area contributed by atoms with Crippen LogP contribution in [0.15, 0.2) is 0 Å². The molecule has 94 valence electrons. The van der Waals surface area contributed by atoms with E-state index in [0.717, 1.165) is 19.3 Å². The van der Waals surface area contributed by atoms with E-state index in [2.05, 4.69) is 17.0 Å². The quantitative estimate of drug-likeness (QED) is 0.472. The van der Waals surface area contributed by atoms with Gasteiger partial charge in [0.2, 0.25) is 5.91 Å². The number of carbonyl (C=O) groups excluding carboxylic acids is 2. The van der Waals surface area contributed by atoms with Gasteiger partial charge in [0.05, 0.1) is 7.11 Å². The van der Waals surface area contributed by atoms with E-state index in [1.165, 1.54) is 7.11 Å². The minimum absolute atomic E-state index is 0.114. The highest BCUT2D eigenvalue weighted by Gasteiger charge is 2.19. The van der Waals surface area contributed by atoms with E-state index < -0.39 is 12.0 Å². The third-order valence-electron chi connectivity index (χ3n) is 2.28. The molecule has 0 radical (unpaired) electrons. The second kappa shape index (κ2) is 9.15. The number of nitrogens with two attached hydrogens (primary N) is 1. The first-order valence-corrected chi connectivity index (χ1v) is 5.73. The van der Waals surface area contributed by atoms with Crippen molar-refractivity contribution in [2.45, 2.75) is 45.1 Å². The van der Waals surface area contributed by atoms with Crippen LogP contribution in [-0.4, -0.2) is 31.6 Å². The van der Waals surface area contributed by atoms with Gasteiger partial charge in [-0.1, -0.05) is 19.8 Å². The normalized spacial score (nSPS) is 11.9. The molecule has 3 N–H and O–H groups in total. The molecule has 0 aliphatic carbocycles. The van der Waals surface area contributed by atoms with Crippen molar-refractivity contribution < 1.29 is 14.3 Å². The molecule has 0 spiro atoms. The van der Waals surface area contributed by atoms with Crippen molar-refractivity contribution in [3.05, 3.63) is 0 Å². The smallest absolute Gasteiger partial charge is 0.328 e. The van der Waals surface area contributed by atoms with E-state index in [0.29, 0.717) is 19.4 Å². The Balaban J connectivity index is 3.97. The van der Waals surface area contributed by atoms with Crippen LogP contribution in [-0.2, 0) is 14.3 Å². The summed E-state index contributed by atoms with van der Waals surface area (Å²) in [5, 5.41) is 2.63. The molecule has 0 saturated heterocycles. The zero-order valence-electron chi connectivity index (χ0n) is 10.1. The summed E-state index contributed by atoms with van der Waals surface area (Å²) in [6, 6.07) is -0.607. The highest BCUT2D eigenvalue weighted by atomic mass is 16.5. The topological polar surface area (TPSA) is 81.4 Å². The molecule has 0 saturated carbocycles. The van der Waals surface area contributed by atoms with Crippen LogP contribution in [0.1, 0.15) is 39.0 Å². The summed E-state index contributed by atoms with van der Waals surface area (Å²) in [5.74, 6) is -0.549. The van der Waals surface area contributed by atoms with Gasteiger partial charge in [-0.05, 0) is 19.4 Å². The number of carbonyl (C=O) groups is 2. The van der Waals surface area contributed by atoms with Crippen molar-refractivity contribution in [1.82, 2.24) is 5.32 Å².